The molecule has 0 saturated heterocycles. The Morgan fingerprint density at radius 3 is 2.61 bits per heavy atom. The van der Waals surface area contributed by atoms with Crippen LogP contribution in [0.3, 0.4) is 0 Å². The molecular weight excluding hydrogens is 408 g/mol. The van der Waals surface area contributed by atoms with Crippen molar-refractivity contribution >= 4 is 22.3 Å². The Morgan fingerprint density at radius 2 is 1.91 bits per heavy atom. The lowest BCUT2D eigenvalue weighted by atomic mass is 9.69. The van der Waals surface area contributed by atoms with Crippen LogP contribution in [-0.4, -0.2) is 26.5 Å². The van der Waals surface area contributed by atoms with Gasteiger partial charge < -0.3 is 5.32 Å². The van der Waals surface area contributed by atoms with Gasteiger partial charge in [-0.05, 0) is 67.2 Å². The van der Waals surface area contributed by atoms with E-state index in [0.717, 1.165) is 34.1 Å². The maximum Gasteiger partial charge on any atom is 0.272 e. The van der Waals surface area contributed by atoms with Crippen molar-refractivity contribution in [1.82, 2.24) is 19.9 Å². The van der Waals surface area contributed by atoms with Crippen molar-refractivity contribution in [2.24, 2.45) is 16.7 Å². The van der Waals surface area contributed by atoms with Gasteiger partial charge in [-0.25, -0.2) is 4.52 Å². The van der Waals surface area contributed by atoms with Crippen molar-refractivity contribution in [2.45, 2.75) is 53.0 Å². The van der Waals surface area contributed by atoms with Gasteiger partial charge in [-0.1, -0.05) is 50.6 Å². The van der Waals surface area contributed by atoms with Gasteiger partial charge in [0.25, 0.3) is 5.91 Å². The van der Waals surface area contributed by atoms with E-state index in [1.165, 1.54) is 18.4 Å². The second kappa shape index (κ2) is 6.89. The molecule has 3 aromatic heterocycles. The molecule has 2 aliphatic rings. The first-order valence-electron chi connectivity index (χ1n) is 11.9. The maximum absolute atomic E-state index is 13.4. The summed E-state index contributed by atoms with van der Waals surface area (Å²) in [7, 11) is 0. The van der Waals surface area contributed by atoms with Crippen LogP contribution in [0.4, 0.5) is 0 Å². The molecule has 6 rings (SSSR count). The van der Waals surface area contributed by atoms with E-state index in [2.05, 4.69) is 68.3 Å². The number of carbonyl (C=O) groups is 1. The molecule has 1 amide bonds. The molecule has 4 aromatic rings. The van der Waals surface area contributed by atoms with Crippen LogP contribution in [0.15, 0.2) is 54.7 Å². The third kappa shape index (κ3) is 2.87. The quantitative estimate of drug-likeness (QED) is 0.440. The van der Waals surface area contributed by atoms with Gasteiger partial charge >= 0.3 is 0 Å². The average Bonchev–Trinajstić information content (AvgIpc) is 3.40. The number of benzene rings is 1. The second-order valence-corrected chi connectivity index (χ2v) is 10.8. The molecule has 168 valence electrons. The molecule has 2 fully saturated rings. The first-order chi connectivity index (χ1) is 15.8. The zero-order valence-electron chi connectivity index (χ0n) is 19.7. The number of hydrogen-bond acceptors (Lipinski definition) is 3. The van der Waals surface area contributed by atoms with Gasteiger partial charge in [0.15, 0.2) is 5.69 Å². The lowest BCUT2D eigenvalue weighted by molar-refractivity contribution is 0.0821. The minimum atomic E-state index is -0.0832. The van der Waals surface area contributed by atoms with Crippen molar-refractivity contribution < 1.29 is 4.79 Å². The van der Waals surface area contributed by atoms with Gasteiger partial charge in [-0.3, -0.25) is 9.78 Å². The van der Waals surface area contributed by atoms with Gasteiger partial charge in [0.1, 0.15) is 0 Å². The molecule has 5 nitrogen and oxygen atoms in total. The smallest absolute Gasteiger partial charge is 0.272 e. The summed E-state index contributed by atoms with van der Waals surface area (Å²) in [6, 6.07) is 16.5. The SMILES string of the molecule is Cc1ccc(-c2cc3ncccc3c3cc(C(=O)N[C@H]4CC5CCC4(C)C5(C)C)nn23)cc1. The van der Waals surface area contributed by atoms with Crippen LogP contribution in [0, 0.1) is 23.7 Å². The molecule has 0 spiro atoms. The summed E-state index contributed by atoms with van der Waals surface area (Å²) in [5, 5.41) is 9.16. The number of carbonyl (C=O) groups excluding carboxylic acids is 1. The summed E-state index contributed by atoms with van der Waals surface area (Å²) < 4.78 is 1.90. The summed E-state index contributed by atoms with van der Waals surface area (Å²) >= 11 is 0. The van der Waals surface area contributed by atoms with E-state index < -0.39 is 0 Å². The molecule has 3 atom stereocenters. The largest absolute Gasteiger partial charge is 0.347 e. The van der Waals surface area contributed by atoms with E-state index in [-0.39, 0.29) is 22.8 Å². The highest BCUT2D eigenvalue weighted by Crippen LogP contribution is 2.65. The Kier molecular flexibility index (Phi) is 4.26. The fourth-order valence-electron chi connectivity index (χ4n) is 6.39. The standard InChI is InChI=1S/C28H30N4O/c1-17-7-9-18(10-8-17)23-15-21-20(6-5-13-29-21)24-16-22(31-32(23)24)26(33)30-25-14-19-11-12-28(25,4)27(19,2)3/h5-10,13,15-16,19,25H,11-12,14H2,1-4H3,(H,30,33)/t19?,25-,28?/m0/s1. The normalized spacial score (nSPS) is 25.7. The minimum Gasteiger partial charge on any atom is -0.347 e. The molecule has 2 saturated carbocycles. The third-order valence-corrected chi connectivity index (χ3v) is 9.00. The Hall–Kier alpha value is -3.21. The molecule has 33 heavy (non-hydrogen) atoms. The number of rotatable bonds is 3. The van der Waals surface area contributed by atoms with E-state index in [4.69, 9.17) is 5.10 Å². The van der Waals surface area contributed by atoms with Crippen molar-refractivity contribution in [2.75, 3.05) is 0 Å². The molecule has 3 heterocycles. The van der Waals surface area contributed by atoms with Crippen LogP contribution in [0.5, 0.6) is 0 Å². The van der Waals surface area contributed by atoms with Crippen LogP contribution in [0.2, 0.25) is 0 Å². The highest BCUT2D eigenvalue weighted by Gasteiger charge is 2.61. The van der Waals surface area contributed by atoms with Crippen molar-refractivity contribution in [3.8, 4) is 11.3 Å². The molecule has 1 aromatic carbocycles. The molecule has 2 unspecified atom stereocenters. The van der Waals surface area contributed by atoms with Crippen molar-refractivity contribution in [3.05, 3.63) is 66.0 Å². The van der Waals surface area contributed by atoms with Gasteiger partial charge in [0.2, 0.25) is 0 Å². The summed E-state index contributed by atoms with van der Waals surface area (Å²) in [5.74, 6) is 0.595. The first kappa shape index (κ1) is 20.4. The van der Waals surface area contributed by atoms with Crippen molar-refractivity contribution in [1.29, 1.82) is 0 Å². The Labute approximate surface area is 194 Å². The molecule has 2 aliphatic carbocycles. The van der Waals surface area contributed by atoms with Gasteiger partial charge in [-0.15, -0.1) is 0 Å². The average molecular weight is 439 g/mol. The van der Waals surface area contributed by atoms with Crippen LogP contribution < -0.4 is 5.32 Å². The second-order valence-electron chi connectivity index (χ2n) is 10.8. The molecular formula is C28H30N4O. The number of hydrogen-bond donors (Lipinski definition) is 1. The molecule has 0 radical (unpaired) electrons. The van der Waals surface area contributed by atoms with Crippen LogP contribution >= 0.6 is 0 Å². The predicted molar refractivity (Wildman–Crippen MR) is 131 cm³/mol. The Bertz CT molecular complexity index is 1400. The number of nitrogens with one attached hydrogen (secondary N) is 1. The molecule has 1 N–H and O–H groups in total. The van der Waals surface area contributed by atoms with E-state index in [9.17, 15) is 4.79 Å². The Balaban J connectivity index is 1.43. The number of amides is 1. The third-order valence-electron chi connectivity index (χ3n) is 9.00. The number of pyridine rings is 2. The van der Waals surface area contributed by atoms with Crippen LogP contribution in [-0.2, 0) is 0 Å². The fourth-order valence-corrected chi connectivity index (χ4v) is 6.39. The number of aryl methyl sites for hydroxylation is 1. The molecule has 5 heteroatoms. The maximum atomic E-state index is 13.4. The van der Waals surface area contributed by atoms with Gasteiger partial charge in [0.05, 0.1) is 16.7 Å². The van der Waals surface area contributed by atoms with E-state index in [1.54, 1.807) is 6.20 Å². The van der Waals surface area contributed by atoms with Crippen LogP contribution in [0.1, 0.15) is 56.1 Å². The summed E-state index contributed by atoms with van der Waals surface area (Å²) in [6.07, 6.45) is 5.31. The Morgan fingerprint density at radius 1 is 1.12 bits per heavy atom. The van der Waals surface area contributed by atoms with E-state index >= 15 is 0 Å². The lowest BCUT2D eigenvalue weighted by Crippen LogP contribution is -2.47. The summed E-state index contributed by atoms with van der Waals surface area (Å²) in [4.78, 5) is 18.0. The zero-order chi connectivity index (χ0) is 23.0. The number of aromatic nitrogens is 3. The highest BCUT2D eigenvalue weighted by molar-refractivity contribution is 6.00. The first-order valence-corrected chi connectivity index (χ1v) is 11.9. The summed E-state index contributed by atoms with van der Waals surface area (Å²) in [5.41, 5.74) is 5.84. The van der Waals surface area contributed by atoms with Gasteiger partial charge in [-0.2, -0.15) is 5.10 Å². The van der Waals surface area contributed by atoms with Crippen LogP contribution in [0.25, 0.3) is 27.7 Å². The van der Waals surface area contributed by atoms with Gasteiger partial charge in [0, 0.05) is 23.2 Å². The van der Waals surface area contributed by atoms with E-state index in [1.807, 2.05) is 22.7 Å². The molecule has 0 aliphatic heterocycles. The summed E-state index contributed by atoms with van der Waals surface area (Å²) in [6.45, 7) is 9.17. The van der Waals surface area contributed by atoms with E-state index in [0.29, 0.717) is 11.6 Å². The topological polar surface area (TPSA) is 59.3 Å². The monoisotopic (exact) mass is 438 g/mol. The highest BCUT2D eigenvalue weighted by atomic mass is 16.2. The fraction of sp³-hybridized carbons (Fsp3) is 0.393. The number of fused-ring (bicyclic) bond motifs is 5. The minimum absolute atomic E-state index is 0.0832. The molecule has 2 bridgehead atoms. The number of nitrogens with zero attached hydrogens (tertiary/aromatic N) is 3. The zero-order valence-corrected chi connectivity index (χ0v) is 19.7. The predicted octanol–water partition coefficient (Wildman–Crippen LogP) is 5.80. The lowest BCUT2D eigenvalue weighted by Gasteiger charge is -2.39. The van der Waals surface area contributed by atoms with Crippen molar-refractivity contribution in [3.63, 3.8) is 0 Å².